The number of carbonyl (C=O) groups is 2. The van der Waals surface area contributed by atoms with Crippen LogP contribution in [0.25, 0.3) is 5.65 Å². The van der Waals surface area contributed by atoms with Gasteiger partial charge in [-0.2, -0.15) is 13.2 Å². The monoisotopic (exact) mass is 413 g/mol. The van der Waals surface area contributed by atoms with Gasteiger partial charge in [0.1, 0.15) is 11.3 Å². The molecule has 3 aromatic heterocycles. The third-order valence-electron chi connectivity index (χ3n) is 3.69. The molecule has 0 saturated carbocycles. The zero-order valence-electron chi connectivity index (χ0n) is 15.8. The second-order valence-electron chi connectivity index (χ2n) is 5.93. The number of halogens is 3. The first-order chi connectivity index (χ1) is 13.5. The maximum Gasteiger partial charge on any atom is 0.490 e. The molecule has 156 valence electrons. The van der Waals surface area contributed by atoms with Crippen LogP contribution in [0.3, 0.4) is 0 Å². The zero-order valence-corrected chi connectivity index (χ0v) is 15.8. The number of carbonyl (C=O) groups excluding carboxylic acids is 1. The first-order valence-electron chi connectivity index (χ1n) is 8.34. The minimum absolute atomic E-state index is 0.181. The van der Waals surface area contributed by atoms with Crippen LogP contribution < -0.4 is 0 Å². The summed E-state index contributed by atoms with van der Waals surface area (Å²) in [6.45, 7) is 4.17. The number of rotatable bonds is 4. The van der Waals surface area contributed by atoms with Crippen molar-refractivity contribution in [1.29, 1.82) is 0 Å². The van der Waals surface area contributed by atoms with Gasteiger partial charge in [-0.25, -0.2) is 9.78 Å². The van der Waals surface area contributed by atoms with Gasteiger partial charge in [0.15, 0.2) is 0 Å². The molecule has 1 amide bonds. The summed E-state index contributed by atoms with van der Waals surface area (Å²) in [6, 6.07) is 5.76. The van der Waals surface area contributed by atoms with Gasteiger partial charge in [-0.3, -0.25) is 4.79 Å². The highest BCUT2D eigenvalue weighted by atomic mass is 19.4. The predicted molar refractivity (Wildman–Crippen MR) is 93.1 cm³/mol. The van der Waals surface area contributed by atoms with E-state index < -0.39 is 12.1 Å². The van der Waals surface area contributed by atoms with Crippen LogP contribution in [0, 0.1) is 6.92 Å². The van der Waals surface area contributed by atoms with Gasteiger partial charge in [-0.05, 0) is 19.1 Å². The van der Waals surface area contributed by atoms with Crippen LogP contribution in [-0.2, 0) is 17.8 Å². The molecule has 0 radical (unpaired) electrons. The van der Waals surface area contributed by atoms with Crippen molar-refractivity contribution in [3.63, 3.8) is 0 Å². The molecule has 0 aliphatic rings. The molecule has 1 N–H and O–H groups in total. The van der Waals surface area contributed by atoms with Gasteiger partial charge in [-0.1, -0.05) is 13.0 Å². The molecule has 0 atom stereocenters. The maximum atomic E-state index is 12.5. The molecule has 3 heterocycles. The van der Waals surface area contributed by atoms with Crippen LogP contribution in [0.15, 0.2) is 28.8 Å². The quantitative estimate of drug-likeness (QED) is 0.699. The molecule has 3 aromatic rings. The summed E-state index contributed by atoms with van der Waals surface area (Å²) in [6.07, 6.45) is -2.66. The predicted octanol–water partition coefficient (Wildman–Crippen LogP) is 2.49. The molecular weight excluding hydrogens is 395 g/mol. The van der Waals surface area contributed by atoms with Crippen molar-refractivity contribution >= 4 is 17.5 Å². The number of aromatic nitrogens is 4. The summed E-state index contributed by atoms with van der Waals surface area (Å²) in [5, 5.41) is 14.9. The average molecular weight is 413 g/mol. The highest BCUT2D eigenvalue weighted by Gasteiger charge is 2.38. The maximum absolute atomic E-state index is 12.5. The van der Waals surface area contributed by atoms with Gasteiger partial charge in [0.05, 0.1) is 6.54 Å². The van der Waals surface area contributed by atoms with Crippen molar-refractivity contribution in [3.8, 4) is 0 Å². The van der Waals surface area contributed by atoms with Gasteiger partial charge >= 0.3 is 12.1 Å². The molecule has 29 heavy (non-hydrogen) atoms. The minimum atomic E-state index is -5.08. The lowest BCUT2D eigenvalue weighted by atomic mass is 10.4. The minimum Gasteiger partial charge on any atom is -0.475 e. The highest BCUT2D eigenvalue weighted by molar-refractivity contribution is 5.92. The number of nitrogens with zero attached hydrogens (tertiary/aromatic N) is 5. The van der Waals surface area contributed by atoms with Crippen LogP contribution in [0.4, 0.5) is 13.2 Å². The Bertz CT molecular complexity index is 1010. The number of carboxylic acids is 1. The van der Waals surface area contributed by atoms with E-state index in [0.717, 1.165) is 11.3 Å². The average Bonchev–Trinajstić information content (AvgIpc) is 3.28. The number of imidazole rings is 1. The Morgan fingerprint density at radius 3 is 2.38 bits per heavy atom. The third-order valence-corrected chi connectivity index (χ3v) is 3.69. The summed E-state index contributed by atoms with van der Waals surface area (Å²) in [7, 11) is 1.69. The number of alkyl halides is 3. The molecule has 9 nitrogen and oxygen atoms in total. The highest BCUT2D eigenvalue weighted by Crippen LogP contribution is 2.13. The number of aliphatic carboxylic acids is 1. The van der Waals surface area contributed by atoms with Crippen molar-refractivity contribution in [1.82, 2.24) is 24.5 Å². The number of amides is 1. The smallest absolute Gasteiger partial charge is 0.475 e. The molecule has 0 spiro atoms. The number of carboxylic acid groups (broad SMARTS) is 1. The first-order valence-corrected chi connectivity index (χ1v) is 8.34. The van der Waals surface area contributed by atoms with E-state index in [9.17, 15) is 18.0 Å². The van der Waals surface area contributed by atoms with E-state index in [1.165, 1.54) is 4.90 Å². The number of hydrogen-bond donors (Lipinski definition) is 1. The van der Waals surface area contributed by atoms with Crippen LogP contribution in [0.5, 0.6) is 0 Å². The SMILES string of the molecule is CCc1nnc(CN(C)C(=O)c2cn3c(C)cccc3n2)o1.O=C(O)C(F)(F)F. The second-order valence-corrected chi connectivity index (χ2v) is 5.93. The van der Waals surface area contributed by atoms with Crippen molar-refractivity contribution in [3.05, 3.63) is 47.6 Å². The number of hydrogen-bond acceptors (Lipinski definition) is 6. The van der Waals surface area contributed by atoms with Gasteiger partial charge < -0.3 is 18.8 Å². The van der Waals surface area contributed by atoms with E-state index in [4.69, 9.17) is 14.3 Å². The van der Waals surface area contributed by atoms with Crippen molar-refractivity contribution in [2.75, 3.05) is 7.05 Å². The Morgan fingerprint density at radius 2 is 1.86 bits per heavy atom. The fourth-order valence-electron chi connectivity index (χ4n) is 2.22. The molecule has 0 aliphatic carbocycles. The second kappa shape index (κ2) is 8.71. The van der Waals surface area contributed by atoms with E-state index >= 15 is 0 Å². The Kier molecular flexibility index (Phi) is 6.56. The zero-order chi connectivity index (χ0) is 21.8. The van der Waals surface area contributed by atoms with E-state index in [1.807, 2.05) is 36.4 Å². The summed E-state index contributed by atoms with van der Waals surface area (Å²) in [5.41, 5.74) is 2.17. The molecule has 0 saturated heterocycles. The van der Waals surface area contributed by atoms with Crippen LogP contribution in [0.1, 0.15) is 34.9 Å². The van der Waals surface area contributed by atoms with Crippen molar-refractivity contribution in [2.45, 2.75) is 33.0 Å². The van der Waals surface area contributed by atoms with Crippen LogP contribution >= 0.6 is 0 Å². The van der Waals surface area contributed by atoms with Crippen molar-refractivity contribution in [2.24, 2.45) is 0 Å². The Labute approximate surface area is 162 Å². The van der Waals surface area contributed by atoms with Gasteiger partial charge in [0, 0.05) is 25.4 Å². The molecule has 0 unspecified atom stereocenters. The summed E-state index contributed by atoms with van der Waals surface area (Å²) in [5.74, 6) is -1.95. The molecule has 3 rings (SSSR count). The summed E-state index contributed by atoms with van der Waals surface area (Å²) in [4.78, 5) is 27.2. The van der Waals surface area contributed by atoms with Gasteiger partial charge in [0.25, 0.3) is 5.91 Å². The molecule has 0 bridgehead atoms. The Morgan fingerprint density at radius 1 is 1.24 bits per heavy atom. The third kappa shape index (κ3) is 5.53. The standard InChI is InChI=1S/C15H17N5O2.C2HF3O2/c1-4-13-17-18-14(22-13)9-19(3)15(21)11-8-20-10(2)6-5-7-12(20)16-11;3-2(4,5)1(6)7/h5-8H,4,9H2,1-3H3;(H,6,7). The largest absolute Gasteiger partial charge is 0.490 e. The molecule has 0 aromatic carbocycles. The fraction of sp³-hybridized carbons (Fsp3) is 0.353. The van der Waals surface area contributed by atoms with Crippen molar-refractivity contribution < 1.29 is 32.3 Å². The first kappa shape index (κ1) is 21.9. The molecule has 0 aliphatic heterocycles. The number of aryl methyl sites for hydroxylation is 2. The van der Waals surface area contributed by atoms with E-state index in [0.29, 0.717) is 23.9 Å². The fourth-order valence-corrected chi connectivity index (χ4v) is 2.22. The van der Waals surface area contributed by atoms with Gasteiger partial charge in [0.2, 0.25) is 11.8 Å². The lowest BCUT2D eigenvalue weighted by molar-refractivity contribution is -0.192. The van der Waals surface area contributed by atoms with E-state index in [1.54, 1.807) is 13.2 Å². The lowest BCUT2D eigenvalue weighted by Gasteiger charge is -2.12. The van der Waals surface area contributed by atoms with Crippen LogP contribution in [0.2, 0.25) is 0 Å². The molecule has 0 fully saturated rings. The molecular formula is C17H18F3N5O4. The lowest BCUT2D eigenvalue weighted by Crippen LogP contribution is -2.26. The Balaban J connectivity index is 0.000000370. The summed E-state index contributed by atoms with van der Waals surface area (Å²) < 4.78 is 39.1. The Hall–Kier alpha value is -3.44. The summed E-state index contributed by atoms with van der Waals surface area (Å²) >= 11 is 0. The van der Waals surface area contributed by atoms with Crippen LogP contribution in [-0.4, -0.2) is 54.7 Å². The van der Waals surface area contributed by atoms with E-state index in [2.05, 4.69) is 15.2 Å². The van der Waals surface area contributed by atoms with Gasteiger partial charge in [-0.15, -0.1) is 10.2 Å². The topological polar surface area (TPSA) is 114 Å². The number of fused-ring (bicyclic) bond motifs is 1. The number of pyridine rings is 1. The van der Waals surface area contributed by atoms with E-state index in [-0.39, 0.29) is 12.5 Å². The molecule has 12 heteroatoms. The normalized spacial score (nSPS) is 11.1.